The van der Waals surface area contributed by atoms with Crippen LogP contribution in [0, 0.1) is 6.92 Å². The normalized spacial score (nSPS) is 11.1. The number of benzene rings is 1. The second-order valence-electron chi connectivity index (χ2n) is 4.82. The highest BCUT2D eigenvalue weighted by Crippen LogP contribution is 2.31. The minimum absolute atomic E-state index is 0.678. The summed E-state index contributed by atoms with van der Waals surface area (Å²) < 4.78 is 11.0. The summed E-state index contributed by atoms with van der Waals surface area (Å²) in [4.78, 5) is 9.48. The van der Waals surface area contributed by atoms with Crippen LogP contribution >= 0.6 is 0 Å². The first-order valence-corrected chi connectivity index (χ1v) is 6.68. The molecule has 21 heavy (non-hydrogen) atoms. The zero-order valence-electron chi connectivity index (χ0n) is 11.4. The Morgan fingerprint density at radius 2 is 1.43 bits per heavy atom. The number of rotatable bonds is 2. The van der Waals surface area contributed by atoms with Gasteiger partial charge >= 0.3 is 0 Å². The third kappa shape index (κ3) is 1.92. The molecule has 0 saturated carbocycles. The molecule has 4 nitrogen and oxygen atoms in total. The SMILES string of the molecule is Cc1cccc2nc(-c3ccco3)c(-c3ccco3)nc12. The van der Waals surface area contributed by atoms with E-state index < -0.39 is 0 Å². The van der Waals surface area contributed by atoms with Gasteiger partial charge in [-0.3, -0.25) is 0 Å². The van der Waals surface area contributed by atoms with E-state index in [2.05, 4.69) is 0 Å². The van der Waals surface area contributed by atoms with Gasteiger partial charge in [0.15, 0.2) is 11.5 Å². The molecule has 3 aromatic heterocycles. The number of hydrogen-bond donors (Lipinski definition) is 0. The minimum atomic E-state index is 0.678. The van der Waals surface area contributed by atoms with E-state index in [0.717, 1.165) is 16.6 Å². The Balaban J connectivity index is 2.08. The van der Waals surface area contributed by atoms with Gasteiger partial charge in [0.1, 0.15) is 11.4 Å². The van der Waals surface area contributed by atoms with E-state index in [0.29, 0.717) is 22.9 Å². The lowest BCUT2D eigenvalue weighted by atomic mass is 10.1. The molecule has 0 fully saturated rings. The van der Waals surface area contributed by atoms with Crippen LogP contribution in [0.15, 0.2) is 63.8 Å². The van der Waals surface area contributed by atoms with Crippen molar-refractivity contribution in [1.82, 2.24) is 9.97 Å². The van der Waals surface area contributed by atoms with Crippen molar-refractivity contribution in [3.8, 4) is 22.9 Å². The molecule has 0 amide bonds. The first kappa shape index (κ1) is 11.9. The second kappa shape index (κ2) is 4.59. The Bertz CT molecular complexity index is 894. The Morgan fingerprint density at radius 3 is 2.05 bits per heavy atom. The maximum Gasteiger partial charge on any atom is 0.154 e. The van der Waals surface area contributed by atoms with Crippen LogP contribution in [0.25, 0.3) is 33.9 Å². The first-order chi connectivity index (χ1) is 10.3. The fraction of sp³-hybridized carbons (Fsp3) is 0.0588. The van der Waals surface area contributed by atoms with E-state index >= 15 is 0 Å². The van der Waals surface area contributed by atoms with E-state index in [1.807, 2.05) is 49.4 Å². The van der Waals surface area contributed by atoms with E-state index in [1.165, 1.54) is 0 Å². The van der Waals surface area contributed by atoms with Gasteiger partial charge in [-0.15, -0.1) is 0 Å². The maximum atomic E-state index is 5.50. The lowest BCUT2D eigenvalue weighted by molar-refractivity contribution is 0.572. The standard InChI is InChI=1S/C17H12N2O2/c1-11-5-2-6-12-15(11)19-17(14-8-4-10-21-14)16(18-12)13-7-3-9-20-13/h2-10H,1H3. The summed E-state index contributed by atoms with van der Waals surface area (Å²) in [6.07, 6.45) is 3.26. The molecule has 3 heterocycles. The van der Waals surface area contributed by atoms with Crippen LogP contribution in [0.2, 0.25) is 0 Å². The number of aromatic nitrogens is 2. The molecule has 0 saturated heterocycles. The highest BCUT2D eigenvalue weighted by molar-refractivity contribution is 5.85. The van der Waals surface area contributed by atoms with Gasteiger partial charge in [0.25, 0.3) is 0 Å². The molecule has 0 atom stereocenters. The molecule has 4 aromatic rings. The molecule has 0 unspecified atom stereocenters. The van der Waals surface area contributed by atoms with Gasteiger partial charge in [0.2, 0.25) is 0 Å². The van der Waals surface area contributed by atoms with Crippen LogP contribution in [-0.2, 0) is 0 Å². The van der Waals surface area contributed by atoms with Crippen molar-refractivity contribution in [3.63, 3.8) is 0 Å². The molecule has 0 aliphatic rings. The largest absolute Gasteiger partial charge is 0.463 e. The van der Waals surface area contributed by atoms with E-state index in [9.17, 15) is 0 Å². The number of hydrogen-bond acceptors (Lipinski definition) is 4. The van der Waals surface area contributed by atoms with Crippen molar-refractivity contribution < 1.29 is 8.83 Å². The van der Waals surface area contributed by atoms with Crippen LogP contribution in [0.4, 0.5) is 0 Å². The predicted octanol–water partition coefficient (Wildman–Crippen LogP) is 4.46. The van der Waals surface area contributed by atoms with Crippen LogP contribution in [0.5, 0.6) is 0 Å². The molecule has 102 valence electrons. The second-order valence-corrected chi connectivity index (χ2v) is 4.82. The number of para-hydroxylation sites is 1. The zero-order valence-corrected chi connectivity index (χ0v) is 11.4. The molecule has 0 spiro atoms. The van der Waals surface area contributed by atoms with Gasteiger partial charge in [-0.25, -0.2) is 9.97 Å². The molecule has 1 aromatic carbocycles. The van der Waals surface area contributed by atoms with Gasteiger partial charge in [0.05, 0.1) is 23.6 Å². The highest BCUT2D eigenvalue weighted by Gasteiger charge is 2.17. The molecule has 0 N–H and O–H groups in total. The van der Waals surface area contributed by atoms with Crippen LogP contribution in [0.3, 0.4) is 0 Å². The topological polar surface area (TPSA) is 52.1 Å². The van der Waals surface area contributed by atoms with Crippen molar-refractivity contribution >= 4 is 11.0 Å². The highest BCUT2D eigenvalue weighted by atomic mass is 16.3. The Hall–Kier alpha value is -2.88. The maximum absolute atomic E-state index is 5.50. The smallest absolute Gasteiger partial charge is 0.154 e. The number of furan rings is 2. The lowest BCUT2D eigenvalue weighted by Crippen LogP contribution is -1.95. The van der Waals surface area contributed by atoms with Crippen LogP contribution in [0.1, 0.15) is 5.56 Å². The van der Waals surface area contributed by atoms with Gasteiger partial charge in [-0.2, -0.15) is 0 Å². The van der Waals surface area contributed by atoms with E-state index in [1.54, 1.807) is 12.5 Å². The molecule has 0 radical (unpaired) electrons. The van der Waals surface area contributed by atoms with Crippen molar-refractivity contribution in [2.45, 2.75) is 6.92 Å². The Morgan fingerprint density at radius 1 is 0.762 bits per heavy atom. The van der Waals surface area contributed by atoms with E-state index in [-0.39, 0.29) is 0 Å². The molecule has 4 rings (SSSR count). The minimum Gasteiger partial charge on any atom is -0.463 e. The van der Waals surface area contributed by atoms with Crippen molar-refractivity contribution in [2.75, 3.05) is 0 Å². The number of nitrogens with zero attached hydrogens (tertiary/aromatic N) is 2. The molecular weight excluding hydrogens is 264 g/mol. The van der Waals surface area contributed by atoms with Crippen molar-refractivity contribution in [2.24, 2.45) is 0 Å². The third-order valence-corrected chi connectivity index (χ3v) is 3.41. The monoisotopic (exact) mass is 276 g/mol. The average molecular weight is 276 g/mol. The molecular formula is C17H12N2O2. The third-order valence-electron chi connectivity index (χ3n) is 3.41. The van der Waals surface area contributed by atoms with Gasteiger partial charge in [-0.1, -0.05) is 12.1 Å². The fourth-order valence-corrected chi connectivity index (χ4v) is 2.39. The van der Waals surface area contributed by atoms with Gasteiger partial charge in [0, 0.05) is 0 Å². The van der Waals surface area contributed by atoms with Crippen LogP contribution < -0.4 is 0 Å². The van der Waals surface area contributed by atoms with Crippen molar-refractivity contribution in [1.29, 1.82) is 0 Å². The molecule has 0 aliphatic heterocycles. The molecule has 0 bridgehead atoms. The summed E-state index contributed by atoms with van der Waals surface area (Å²) in [5, 5.41) is 0. The van der Waals surface area contributed by atoms with Crippen LogP contribution in [-0.4, -0.2) is 9.97 Å². The fourth-order valence-electron chi connectivity index (χ4n) is 2.39. The summed E-state index contributed by atoms with van der Waals surface area (Å²) in [6.45, 7) is 2.02. The summed E-state index contributed by atoms with van der Waals surface area (Å²) >= 11 is 0. The quantitative estimate of drug-likeness (QED) is 0.542. The Kier molecular flexibility index (Phi) is 2.60. The predicted molar refractivity (Wildman–Crippen MR) is 79.7 cm³/mol. The van der Waals surface area contributed by atoms with Crippen molar-refractivity contribution in [3.05, 3.63) is 60.6 Å². The summed E-state index contributed by atoms with van der Waals surface area (Å²) in [5.74, 6) is 1.36. The lowest BCUT2D eigenvalue weighted by Gasteiger charge is -2.07. The Labute approximate surface area is 121 Å². The van der Waals surface area contributed by atoms with E-state index in [4.69, 9.17) is 18.8 Å². The first-order valence-electron chi connectivity index (χ1n) is 6.68. The van der Waals surface area contributed by atoms with Gasteiger partial charge in [-0.05, 0) is 42.8 Å². The molecule has 0 aliphatic carbocycles. The zero-order chi connectivity index (χ0) is 14.2. The average Bonchev–Trinajstić information content (AvgIpc) is 3.20. The van der Waals surface area contributed by atoms with Gasteiger partial charge < -0.3 is 8.83 Å². The number of aryl methyl sites for hydroxylation is 1. The number of fused-ring (bicyclic) bond motifs is 1. The summed E-state index contributed by atoms with van der Waals surface area (Å²) in [5.41, 5.74) is 4.18. The summed E-state index contributed by atoms with van der Waals surface area (Å²) in [6, 6.07) is 13.4. The summed E-state index contributed by atoms with van der Waals surface area (Å²) in [7, 11) is 0. The molecule has 4 heteroatoms.